The van der Waals surface area contributed by atoms with Crippen LogP contribution in [0.25, 0.3) is 0 Å². The lowest BCUT2D eigenvalue weighted by molar-refractivity contribution is -0.162. The summed E-state index contributed by atoms with van der Waals surface area (Å²) in [7, 11) is -3.03. The molecule has 0 aromatic heterocycles. The average Bonchev–Trinajstić information content (AvgIpc) is 2.78. The molecule has 232 valence electrons. The fraction of sp³-hybridized carbons (Fsp3) is 0.800. The van der Waals surface area contributed by atoms with Gasteiger partial charge in [0.15, 0.2) is 0 Å². The van der Waals surface area contributed by atoms with Gasteiger partial charge in [-0.3, -0.25) is 9.59 Å². The van der Waals surface area contributed by atoms with Crippen LogP contribution in [0.15, 0.2) is 0 Å². The summed E-state index contributed by atoms with van der Waals surface area (Å²) >= 11 is 11.3. The third-order valence-corrected chi connectivity index (χ3v) is 7.80. The number of amides is 2. The number of thioether (sulfide) groups is 2. The summed E-state index contributed by atoms with van der Waals surface area (Å²) in [6.07, 6.45) is -11.1. The largest absolute Gasteiger partial charge is 0.697 e. The van der Waals surface area contributed by atoms with Crippen molar-refractivity contribution in [3.63, 3.8) is 0 Å². The molecule has 0 aliphatic carbocycles. The van der Waals surface area contributed by atoms with Crippen molar-refractivity contribution < 1.29 is 59.0 Å². The van der Waals surface area contributed by atoms with E-state index in [2.05, 4.69) is 0 Å². The molecule has 4 atom stereocenters. The molecule has 0 aromatic carbocycles. The molecule has 20 heteroatoms. The van der Waals surface area contributed by atoms with Gasteiger partial charge in [-0.2, -0.15) is 26.3 Å². The van der Waals surface area contributed by atoms with Gasteiger partial charge >= 0.3 is 20.6 Å². The number of carbonyl (C=O) groups excluding carboxylic acids is 2. The van der Waals surface area contributed by atoms with Crippen molar-refractivity contribution in [3.05, 3.63) is 0 Å². The van der Waals surface area contributed by atoms with Crippen LogP contribution in [0.5, 0.6) is 0 Å². The topological polar surface area (TPSA) is 112 Å². The number of carbonyl (C=O) groups is 2. The molecule has 0 saturated carbocycles. The number of nitrogens with one attached hydrogen (secondary N) is 2. The number of thiocarbonyl (C=S) groups is 2. The molecule has 0 aromatic rings. The van der Waals surface area contributed by atoms with E-state index in [1.54, 1.807) is 24.5 Å². The summed E-state index contributed by atoms with van der Waals surface area (Å²) in [5.74, 6) is -1.86. The van der Waals surface area contributed by atoms with Crippen molar-refractivity contribution in [2.45, 2.75) is 75.5 Å². The molecule has 0 aliphatic heterocycles. The van der Waals surface area contributed by atoms with Gasteiger partial charge in [-0.1, -0.05) is 23.5 Å². The minimum absolute atomic E-state index is 0.118. The van der Waals surface area contributed by atoms with Gasteiger partial charge in [0.1, 0.15) is 25.3 Å². The summed E-state index contributed by atoms with van der Waals surface area (Å²) in [6, 6.07) is -4.55. The minimum Gasteiger partial charge on any atom is -0.479 e. The Morgan fingerprint density at radius 2 is 1.10 bits per heavy atom. The van der Waals surface area contributed by atoms with Gasteiger partial charge in [-0.25, -0.2) is 0 Å². The number of ether oxygens (including phenoxy) is 2. The van der Waals surface area contributed by atoms with Crippen LogP contribution in [0.2, 0.25) is 0 Å². The Balaban J connectivity index is 5.47. The first-order valence-electron chi connectivity index (χ1n) is 11.5. The number of halogens is 6. The van der Waals surface area contributed by atoms with Crippen LogP contribution in [-0.4, -0.2) is 81.9 Å². The summed E-state index contributed by atoms with van der Waals surface area (Å²) < 4.78 is 113. The Kier molecular flexibility index (Phi) is 18.8. The fourth-order valence-electron chi connectivity index (χ4n) is 2.77. The van der Waals surface area contributed by atoms with E-state index in [4.69, 9.17) is 43.0 Å². The van der Waals surface area contributed by atoms with E-state index in [9.17, 15) is 40.5 Å². The van der Waals surface area contributed by atoms with Crippen LogP contribution in [0.3, 0.4) is 0 Å². The highest BCUT2D eigenvalue weighted by molar-refractivity contribution is 8.23. The van der Waals surface area contributed by atoms with E-state index in [1.165, 1.54) is 0 Å². The van der Waals surface area contributed by atoms with Crippen molar-refractivity contribution in [2.75, 3.05) is 26.4 Å². The zero-order chi connectivity index (χ0) is 31.1. The van der Waals surface area contributed by atoms with E-state index >= 15 is 0 Å². The number of hydrogen-bond donors (Lipinski definition) is 2. The van der Waals surface area contributed by atoms with Crippen LogP contribution < -0.4 is 10.6 Å². The second-order valence-electron chi connectivity index (χ2n) is 7.72. The molecule has 0 spiro atoms. The van der Waals surface area contributed by atoms with Crippen molar-refractivity contribution in [3.8, 4) is 0 Å². The van der Waals surface area contributed by atoms with Gasteiger partial charge in [0.2, 0.25) is 20.6 Å². The number of alkyl halides is 6. The number of hydrogen-bond acceptors (Lipinski definition) is 11. The van der Waals surface area contributed by atoms with Crippen LogP contribution in [0.1, 0.15) is 40.5 Å². The summed E-state index contributed by atoms with van der Waals surface area (Å²) in [4.78, 5) is 22.5. The normalized spacial score (nSPS) is 15.3. The zero-order valence-electron chi connectivity index (χ0n) is 21.8. The van der Waals surface area contributed by atoms with Gasteiger partial charge in [0.25, 0.3) is 0 Å². The number of rotatable bonds is 16. The van der Waals surface area contributed by atoms with Crippen LogP contribution >= 0.6 is 56.2 Å². The highest BCUT2D eigenvalue weighted by Gasteiger charge is 2.44. The summed E-state index contributed by atoms with van der Waals surface area (Å²) in [5, 5.41) is 1.36. The molecule has 0 fully saturated rings. The Bertz CT molecular complexity index is 804. The van der Waals surface area contributed by atoms with Crippen molar-refractivity contribution in [1.29, 1.82) is 0 Å². The SMILES string of the molecule is CCOC(=S)SC(CO[P+](=O)OCC(CC(NC(C)=O)C(F)(F)F)SC(=S)OCC)CC(NC(C)=O)C(F)(F)F. The lowest BCUT2D eigenvalue weighted by atomic mass is 10.1. The fourth-order valence-corrected chi connectivity index (χ4v) is 6.46. The maximum absolute atomic E-state index is 13.4. The van der Waals surface area contributed by atoms with E-state index in [-0.39, 0.29) is 22.0 Å². The van der Waals surface area contributed by atoms with Gasteiger partial charge < -0.3 is 20.1 Å². The molecule has 9 nitrogen and oxygen atoms in total. The summed E-state index contributed by atoms with van der Waals surface area (Å²) in [5.41, 5.74) is 0. The second kappa shape index (κ2) is 19.3. The van der Waals surface area contributed by atoms with Crippen LogP contribution in [0, 0.1) is 0 Å². The monoisotopic (exact) mass is 683 g/mol. The predicted octanol–water partition coefficient (Wildman–Crippen LogP) is 5.44. The Morgan fingerprint density at radius 1 is 0.775 bits per heavy atom. The van der Waals surface area contributed by atoms with Gasteiger partial charge in [-0.15, -0.1) is 9.05 Å². The van der Waals surface area contributed by atoms with Crippen LogP contribution in [-0.2, 0) is 32.7 Å². The maximum Gasteiger partial charge on any atom is 0.697 e. The van der Waals surface area contributed by atoms with Crippen LogP contribution in [0.4, 0.5) is 26.3 Å². The van der Waals surface area contributed by atoms with Crippen molar-refractivity contribution in [1.82, 2.24) is 10.6 Å². The average molecular weight is 684 g/mol. The van der Waals surface area contributed by atoms with Gasteiger partial charge in [0.05, 0.1) is 13.2 Å². The third kappa shape index (κ3) is 18.5. The van der Waals surface area contributed by atoms with Gasteiger partial charge in [-0.05, 0) is 51.1 Å². The first-order valence-corrected chi connectivity index (χ1v) is 15.1. The predicted molar refractivity (Wildman–Crippen MR) is 147 cm³/mol. The quantitative estimate of drug-likeness (QED) is 0.123. The van der Waals surface area contributed by atoms with Gasteiger partial charge in [0, 0.05) is 28.9 Å². The van der Waals surface area contributed by atoms with E-state index in [1.807, 2.05) is 0 Å². The lowest BCUT2D eigenvalue weighted by Crippen LogP contribution is -2.46. The molecule has 0 bridgehead atoms. The van der Waals surface area contributed by atoms with Crippen molar-refractivity contribution >= 4 is 76.8 Å². The Hall–Kier alpha value is -0.980. The smallest absolute Gasteiger partial charge is 0.479 e. The molecule has 4 unspecified atom stereocenters. The van der Waals surface area contributed by atoms with E-state index < -0.39 is 81.1 Å². The molecule has 2 N–H and O–H groups in total. The highest BCUT2D eigenvalue weighted by atomic mass is 32.2. The molecule has 0 aliphatic rings. The van der Waals surface area contributed by atoms with Crippen molar-refractivity contribution in [2.24, 2.45) is 0 Å². The molecule has 0 saturated heterocycles. The lowest BCUT2D eigenvalue weighted by Gasteiger charge is -2.25. The Morgan fingerprint density at radius 3 is 1.35 bits per heavy atom. The maximum atomic E-state index is 13.4. The van der Waals surface area contributed by atoms with E-state index in [0.29, 0.717) is 23.5 Å². The molecule has 0 rings (SSSR count). The molecule has 0 radical (unpaired) electrons. The summed E-state index contributed by atoms with van der Waals surface area (Å²) in [6.45, 7) is 4.06. The molecule has 2 amide bonds. The first-order chi connectivity index (χ1) is 18.4. The molecular weight excluding hydrogens is 653 g/mol. The zero-order valence-corrected chi connectivity index (χ0v) is 25.9. The highest BCUT2D eigenvalue weighted by Crippen LogP contribution is 2.34. The third-order valence-electron chi connectivity index (χ3n) is 4.32. The minimum atomic E-state index is -4.82. The second-order valence-corrected chi connectivity index (χ2v) is 12.5. The standard InChI is InChI=1S/C20H29F6N2O7PS4/c1-5-32-17(37)39-13(7-15(19(21,22)23)27-11(3)29)9-34-36(31)35-10-14(40-18(38)33-6-2)8-16(20(24,25)26)28-12(4)30/h13-16H,5-10H2,1-4H3,(H-,27,28,29,30)/p+1. The van der Waals surface area contributed by atoms with E-state index in [0.717, 1.165) is 13.8 Å². The molecular formula is C20H30F6N2O7PS4+. The first kappa shape index (κ1) is 39.0. The molecule has 0 heterocycles. The molecule has 40 heavy (non-hydrogen) atoms. The Labute approximate surface area is 247 Å².